The summed E-state index contributed by atoms with van der Waals surface area (Å²) in [5.41, 5.74) is 5.46. The highest BCUT2D eigenvalue weighted by atomic mass is 14.5. The maximum atomic E-state index is 5.46. The van der Waals surface area contributed by atoms with E-state index in [-0.39, 0.29) is 0 Å². The van der Waals surface area contributed by atoms with Gasteiger partial charge in [-0.05, 0) is 13.0 Å². The first kappa shape index (κ1) is 22.2. The number of hydrogen-bond acceptors (Lipinski definition) is 1. The molecule has 0 aromatic rings. The van der Waals surface area contributed by atoms with Gasteiger partial charge in [0, 0.05) is 0 Å². The van der Waals surface area contributed by atoms with Crippen molar-refractivity contribution in [3.05, 3.63) is 0 Å². The molecule has 0 saturated carbocycles. The van der Waals surface area contributed by atoms with Gasteiger partial charge in [-0.15, -0.1) is 0 Å². The third kappa shape index (κ3) is 26.5. The van der Waals surface area contributed by atoms with Gasteiger partial charge in [0.15, 0.2) is 0 Å². The van der Waals surface area contributed by atoms with Crippen molar-refractivity contribution in [1.82, 2.24) is 0 Å². The highest BCUT2D eigenvalue weighted by Gasteiger charge is 1.92. The van der Waals surface area contributed by atoms with E-state index < -0.39 is 0 Å². The summed E-state index contributed by atoms with van der Waals surface area (Å²) in [6, 6.07) is 0. The molecule has 0 unspecified atom stereocenters. The van der Waals surface area contributed by atoms with Crippen molar-refractivity contribution < 1.29 is 0 Å². The largest absolute Gasteiger partial charge is 0.330 e. The molecule has 2 N–H and O–H groups in total. The molecule has 0 fully saturated rings. The molecular formula is C19H43N. The summed E-state index contributed by atoms with van der Waals surface area (Å²) in [5.74, 6) is 0. The normalized spacial score (nSPS) is 10.2. The SMILES string of the molecule is CCCC.CCCCCCCCCCCCCCCN. The molecule has 0 saturated heterocycles. The summed E-state index contributed by atoms with van der Waals surface area (Å²) in [6.45, 7) is 7.52. The second-order valence-corrected chi connectivity index (χ2v) is 6.03. The van der Waals surface area contributed by atoms with E-state index in [0.717, 1.165) is 6.54 Å². The van der Waals surface area contributed by atoms with Crippen molar-refractivity contribution in [3.8, 4) is 0 Å². The van der Waals surface area contributed by atoms with Gasteiger partial charge in [-0.3, -0.25) is 0 Å². The summed E-state index contributed by atoms with van der Waals surface area (Å²) in [5, 5.41) is 0. The van der Waals surface area contributed by atoms with E-state index in [4.69, 9.17) is 5.73 Å². The smallest absolute Gasteiger partial charge is 0.00773 e. The van der Waals surface area contributed by atoms with Gasteiger partial charge < -0.3 is 5.73 Å². The fourth-order valence-electron chi connectivity index (χ4n) is 2.16. The predicted octanol–water partition coefficient (Wildman–Crippen LogP) is 6.84. The van der Waals surface area contributed by atoms with Crippen LogP contribution in [0.4, 0.5) is 0 Å². The summed E-state index contributed by atoms with van der Waals surface area (Å²) >= 11 is 0. The van der Waals surface area contributed by atoms with Crippen LogP contribution in [0.5, 0.6) is 0 Å². The fraction of sp³-hybridized carbons (Fsp3) is 1.00. The van der Waals surface area contributed by atoms with Crippen LogP contribution in [-0.2, 0) is 0 Å². The maximum absolute atomic E-state index is 5.46. The Hall–Kier alpha value is -0.0400. The van der Waals surface area contributed by atoms with Crippen LogP contribution in [-0.4, -0.2) is 6.54 Å². The topological polar surface area (TPSA) is 26.0 Å². The number of hydrogen-bond donors (Lipinski definition) is 1. The van der Waals surface area contributed by atoms with E-state index in [9.17, 15) is 0 Å². The summed E-state index contributed by atoms with van der Waals surface area (Å²) in [6.07, 6.45) is 21.0. The van der Waals surface area contributed by atoms with E-state index >= 15 is 0 Å². The van der Waals surface area contributed by atoms with Crippen molar-refractivity contribution >= 4 is 0 Å². The van der Waals surface area contributed by atoms with Crippen LogP contribution in [0.3, 0.4) is 0 Å². The summed E-state index contributed by atoms with van der Waals surface area (Å²) < 4.78 is 0. The van der Waals surface area contributed by atoms with Crippen molar-refractivity contribution in [3.63, 3.8) is 0 Å². The van der Waals surface area contributed by atoms with E-state index in [1.165, 1.54) is 96.3 Å². The summed E-state index contributed by atoms with van der Waals surface area (Å²) in [7, 11) is 0. The molecule has 0 spiro atoms. The van der Waals surface area contributed by atoms with Crippen LogP contribution in [0, 0.1) is 0 Å². The van der Waals surface area contributed by atoms with Crippen LogP contribution < -0.4 is 5.73 Å². The Labute approximate surface area is 130 Å². The second-order valence-electron chi connectivity index (χ2n) is 6.03. The van der Waals surface area contributed by atoms with Gasteiger partial charge in [0.2, 0.25) is 0 Å². The third-order valence-electron chi connectivity index (χ3n) is 3.81. The molecule has 20 heavy (non-hydrogen) atoms. The van der Waals surface area contributed by atoms with Crippen LogP contribution in [0.2, 0.25) is 0 Å². The van der Waals surface area contributed by atoms with E-state index in [1.807, 2.05) is 0 Å². The fourth-order valence-corrected chi connectivity index (χ4v) is 2.16. The zero-order chi connectivity index (χ0) is 15.3. The molecule has 0 aliphatic heterocycles. The van der Waals surface area contributed by atoms with Crippen molar-refractivity contribution in [2.45, 2.75) is 117 Å². The monoisotopic (exact) mass is 285 g/mol. The van der Waals surface area contributed by atoms with Crippen molar-refractivity contribution in [2.75, 3.05) is 6.54 Å². The van der Waals surface area contributed by atoms with Crippen LogP contribution in [0.25, 0.3) is 0 Å². The first-order valence-electron chi connectivity index (χ1n) is 9.53. The Morgan fingerprint density at radius 1 is 0.400 bits per heavy atom. The quantitative estimate of drug-likeness (QED) is 0.347. The Balaban J connectivity index is 0. The van der Waals surface area contributed by atoms with E-state index in [1.54, 1.807) is 0 Å². The lowest BCUT2D eigenvalue weighted by molar-refractivity contribution is 0.540. The molecular weight excluding hydrogens is 242 g/mol. The highest BCUT2D eigenvalue weighted by molar-refractivity contribution is 4.48. The lowest BCUT2D eigenvalue weighted by Gasteiger charge is -2.02. The van der Waals surface area contributed by atoms with Crippen LogP contribution >= 0.6 is 0 Å². The molecule has 0 aliphatic carbocycles. The standard InChI is InChI=1S/C15H33N.C4H10/c1-2-3-4-5-6-7-8-9-10-11-12-13-14-15-16;1-3-4-2/h2-16H2,1H3;3-4H2,1-2H3. The van der Waals surface area contributed by atoms with Crippen LogP contribution in [0.15, 0.2) is 0 Å². The lowest BCUT2D eigenvalue weighted by Crippen LogP contribution is -1.97. The Morgan fingerprint density at radius 3 is 0.950 bits per heavy atom. The van der Waals surface area contributed by atoms with E-state index in [0.29, 0.717) is 0 Å². The number of nitrogens with two attached hydrogens (primary N) is 1. The minimum atomic E-state index is 0.873. The molecule has 0 heterocycles. The van der Waals surface area contributed by atoms with Crippen molar-refractivity contribution in [1.29, 1.82) is 0 Å². The van der Waals surface area contributed by atoms with Crippen molar-refractivity contribution in [2.24, 2.45) is 5.73 Å². The Bertz CT molecular complexity index is 118. The number of rotatable bonds is 14. The van der Waals surface area contributed by atoms with Gasteiger partial charge in [-0.25, -0.2) is 0 Å². The minimum absolute atomic E-state index is 0.873. The molecule has 0 bridgehead atoms. The average molecular weight is 286 g/mol. The van der Waals surface area contributed by atoms with Gasteiger partial charge in [0.05, 0.1) is 0 Å². The predicted molar refractivity (Wildman–Crippen MR) is 95.3 cm³/mol. The number of unbranched alkanes of at least 4 members (excludes halogenated alkanes) is 13. The maximum Gasteiger partial charge on any atom is -0.00773 e. The second kappa shape index (κ2) is 24.0. The van der Waals surface area contributed by atoms with Gasteiger partial charge in [-0.1, -0.05) is 111 Å². The molecule has 1 heteroatoms. The molecule has 0 aromatic carbocycles. The first-order chi connectivity index (χ1) is 9.83. The van der Waals surface area contributed by atoms with Gasteiger partial charge in [0.1, 0.15) is 0 Å². The molecule has 124 valence electrons. The van der Waals surface area contributed by atoms with Gasteiger partial charge >= 0.3 is 0 Å². The lowest BCUT2D eigenvalue weighted by atomic mass is 10.0. The average Bonchev–Trinajstić information content (AvgIpc) is 2.49. The molecule has 0 aromatic heterocycles. The Kier molecular flexibility index (Phi) is 26.7. The third-order valence-corrected chi connectivity index (χ3v) is 3.81. The van der Waals surface area contributed by atoms with Gasteiger partial charge in [-0.2, -0.15) is 0 Å². The van der Waals surface area contributed by atoms with Crippen LogP contribution in [0.1, 0.15) is 117 Å². The van der Waals surface area contributed by atoms with Gasteiger partial charge in [0.25, 0.3) is 0 Å². The molecule has 1 nitrogen and oxygen atoms in total. The first-order valence-corrected chi connectivity index (χ1v) is 9.53. The molecule has 0 amide bonds. The zero-order valence-corrected chi connectivity index (χ0v) is 14.9. The Morgan fingerprint density at radius 2 is 0.700 bits per heavy atom. The van der Waals surface area contributed by atoms with E-state index in [2.05, 4.69) is 20.8 Å². The molecule has 0 aliphatic rings. The molecule has 0 radical (unpaired) electrons. The minimum Gasteiger partial charge on any atom is -0.330 e. The highest BCUT2D eigenvalue weighted by Crippen LogP contribution is 2.12. The summed E-state index contributed by atoms with van der Waals surface area (Å²) in [4.78, 5) is 0. The molecule has 0 rings (SSSR count). The molecule has 0 atom stereocenters. The zero-order valence-electron chi connectivity index (χ0n) is 14.9.